The van der Waals surface area contributed by atoms with Gasteiger partial charge in [0.05, 0.1) is 42.5 Å². The Balaban J connectivity index is 1.67. The number of aryl methyl sites for hydroxylation is 1. The SMILES string of the molecule is COc1cc(N2C(=S)N[C@@H](c3ccccn3)[C@H]2c2cc(C)n(-c3ccccc3Br)c2C)ccc1NS(C)(=O)=O. The minimum absolute atomic E-state index is 0.230. The van der Waals surface area contributed by atoms with Gasteiger partial charge in [-0.3, -0.25) is 9.71 Å². The van der Waals surface area contributed by atoms with E-state index in [1.807, 2.05) is 47.4 Å². The summed E-state index contributed by atoms with van der Waals surface area (Å²) in [5.41, 5.74) is 6.26. The number of para-hydroxylation sites is 1. The Kier molecular flexibility index (Phi) is 7.41. The van der Waals surface area contributed by atoms with Crippen LogP contribution in [-0.4, -0.2) is 36.4 Å². The average Bonchev–Trinajstić information content (AvgIpc) is 3.39. The van der Waals surface area contributed by atoms with Gasteiger partial charge in [-0.1, -0.05) is 18.2 Å². The fourth-order valence-corrected chi connectivity index (χ4v) is 6.53. The van der Waals surface area contributed by atoms with Gasteiger partial charge in [0.15, 0.2) is 5.11 Å². The summed E-state index contributed by atoms with van der Waals surface area (Å²) >= 11 is 9.60. The Morgan fingerprint density at radius 1 is 1.08 bits per heavy atom. The zero-order valence-corrected chi connectivity index (χ0v) is 25.1. The lowest BCUT2D eigenvalue weighted by Crippen LogP contribution is -2.29. The lowest BCUT2D eigenvalue weighted by Gasteiger charge is -2.29. The molecule has 2 N–H and O–H groups in total. The number of hydrogen-bond acceptors (Lipinski definition) is 5. The van der Waals surface area contributed by atoms with Gasteiger partial charge >= 0.3 is 0 Å². The molecule has 0 spiro atoms. The van der Waals surface area contributed by atoms with Gasteiger partial charge in [0.2, 0.25) is 10.0 Å². The second-order valence-electron chi connectivity index (χ2n) is 9.37. The summed E-state index contributed by atoms with van der Waals surface area (Å²) in [7, 11) is -1.98. The minimum atomic E-state index is -3.49. The number of nitrogens with zero attached hydrogens (tertiary/aromatic N) is 3. The maximum Gasteiger partial charge on any atom is 0.229 e. The second kappa shape index (κ2) is 10.6. The van der Waals surface area contributed by atoms with Crippen LogP contribution in [0.25, 0.3) is 5.69 Å². The van der Waals surface area contributed by atoms with Crippen molar-refractivity contribution >= 4 is 54.7 Å². The van der Waals surface area contributed by atoms with Gasteiger partial charge in [-0.25, -0.2) is 8.42 Å². The third-order valence-corrected chi connectivity index (χ3v) is 8.31. The fourth-order valence-electron chi connectivity index (χ4n) is 5.15. The van der Waals surface area contributed by atoms with Crippen molar-refractivity contribution in [3.05, 3.63) is 100 Å². The number of aromatic nitrogens is 2. The third-order valence-electron chi connectivity index (χ3n) is 6.74. The molecule has 4 aromatic rings. The molecule has 1 fully saturated rings. The number of halogens is 1. The van der Waals surface area contributed by atoms with Gasteiger partial charge in [-0.2, -0.15) is 0 Å². The predicted molar refractivity (Wildman–Crippen MR) is 162 cm³/mol. The van der Waals surface area contributed by atoms with Gasteiger partial charge in [0, 0.05) is 33.8 Å². The Morgan fingerprint density at radius 2 is 1.82 bits per heavy atom. The van der Waals surface area contributed by atoms with Crippen LogP contribution in [0.1, 0.15) is 34.7 Å². The van der Waals surface area contributed by atoms with E-state index < -0.39 is 10.0 Å². The van der Waals surface area contributed by atoms with Crippen LogP contribution in [0.3, 0.4) is 0 Å². The molecule has 5 rings (SSSR count). The Labute approximate surface area is 242 Å². The molecule has 0 radical (unpaired) electrons. The van der Waals surface area contributed by atoms with Crippen molar-refractivity contribution < 1.29 is 13.2 Å². The van der Waals surface area contributed by atoms with E-state index in [0.29, 0.717) is 16.5 Å². The number of sulfonamides is 1. The summed E-state index contributed by atoms with van der Waals surface area (Å²) in [6.07, 6.45) is 2.88. The summed E-state index contributed by atoms with van der Waals surface area (Å²) < 4.78 is 35.1. The first-order valence-corrected chi connectivity index (χ1v) is 15.3. The molecule has 2 aromatic heterocycles. The number of anilines is 2. The van der Waals surface area contributed by atoms with Crippen LogP contribution in [0.5, 0.6) is 5.75 Å². The van der Waals surface area contributed by atoms with Gasteiger partial charge in [-0.05, 0) is 90.0 Å². The molecule has 2 atom stereocenters. The first-order valence-electron chi connectivity index (χ1n) is 12.2. The predicted octanol–water partition coefficient (Wildman–Crippen LogP) is 5.81. The minimum Gasteiger partial charge on any atom is -0.494 e. The number of nitrogens with one attached hydrogen (secondary N) is 2. The lowest BCUT2D eigenvalue weighted by molar-refractivity contribution is 0.417. The van der Waals surface area contributed by atoms with Crippen molar-refractivity contribution in [1.29, 1.82) is 0 Å². The van der Waals surface area contributed by atoms with E-state index in [4.69, 9.17) is 17.0 Å². The molecule has 0 saturated carbocycles. The summed E-state index contributed by atoms with van der Waals surface area (Å²) in [5, 5.41) is 4.02. The fraction of sp³-hybridized carbons (Fsp3) is 0.214. The maximum absolute atomic E-state index is 11.9. The molecule has 39 heavy (non-hydrogen) atoms. The second-order valence-corrected chi connectivity index (χ2v) is 12.4. The number of thiocarbonyl (C=S) groups is 1. The van der Waals surface area contributed by atoms with Crippen LogP contribution >= 0.6 is 28.1 Å². The van der Waals surface area contributed by atoms with E-state index >= 15 is 0 Å². The Morgan fingerprint density at radius 3 is 2.49 bits per heavy atom. The van der Waals surface area contributed by atoms with Crippen molar-refractivity contribution in [2.45, 2.75) is 25.9 Å². The van der Waals surface area contributed by atoms with E-state index in [1.165, 1.54) is 7.11 Å². The summed E-state index contributed by atoms with van der Waals surface area (Å²) in [4.78, 5) is 6.70. The number of ether oxygens (including phenoxy) is 1. The van der Waals surface area contributed by atoms with Gasteiger partial charge in [-0.15, -0.1) is 0 Å². The molecule has 1 saturated heterocycles. The van der Waals surface area contributed by atoms with Crippen LogP contribution in [0.4, 0.5) is 11.4 Å². The maximum atomic E-state index is 11.9. The number of pyridine rings is 1. The average molecular weight is 627 g/mol. The molecule has 3 heterocycles. The monoisotopic (exact) mass is 625 g/mol. The molecule has 8 nitrogen and oxygen atoms in total. The molecule has 0 bridgehead atoms. The molecule has 1 aliphatic rings. The Hall–Kier alpha value is -3.41. The van der Waals surface area contributed by atoms with Crippen LogP contribution in [0, 0.1) is 13.8 Å². The quantitative estimate of drug-likeness (QED) is 0.251. The molecule has 0 aliphatic carbocycles. The van der Waals surface area contributed by atoms with Crippen LogP contribution in [0.2, 0.25) is 0 Å². The molecule has 1 aliphatic heterocycles. The van der Waals surface area contributed by atoms with Crippen molar-refractivity contribution in [2.75, 3.05) is 23.0 Å². The molecular weight excluding hydrogens is 598 g/mol. The normalized spacial score (nSPS) is 17.3. The van der Waals surface area contributed by atoms with Crippen molar-refractivity contribution in [1.82, 2.24) is 14.9 Å². The van der Waals surface area contributed by atoms with E-state index in [2.05, 4.69) is 61.5 Å². The highest BCUT2D eigenvalue weighted by Gasteiger charge is 2.42. The summed E-state index contributed by atoms with van der Waals surface area (Å²) in [6, 6.07) is 21.0. The summed E-state index contributed by atoms with van der Waals surface area (Å²) in [6.45, 7) is 4.20. The van der Waals surface area contributed by atoms with Crippen LogP contribution in [-0.2, 0) is 10.0 Å². The number of rotatable bonds is 7. The zero-order valence-electron chi connectivity index (χ0n) is 21.8. The highest BCUT2D eigenvalue weighted by atomic mass is 79.9. The number of benzene rings is 2. The van der Waals surface area contributed by atoms with E-state index in [0.717, 1.165) is 44.7 Å². The first kappa shape index (κ1) is 27.2. The number of hydrogen-bond donors (Lipinski definition) is 2. The smallest absolute Gasteiger partial charge is 0.229 e. The standard InChI is InChI=1S/C28H28BrN5O3S2/c1-17-15-20(18(2)33(17)24-11-6-5-9-21(24)29)27-26(23-10-7-8-14-30-23)31-28(38)34(27)19-12-13-22(25(16-19)37-3)32-39(4,35)36/h5-16,26-27,32H,1-4H3,(H,31,38)/t26-,27+/m0/s1. The lowest BCUT2D eigenvalue weighted by atomic mass is 9.96. The topological polar surface area (TPSA) is 88.5 Å². The zero-order chi connectivity index (χ0) is 27.9. The molecular formula is C28H28BrN5O3S2. The molecule has 2 aromatic carbocycles. The van der Waals surface area contributed by atoms with Gasteiger partial charge in [0.25, 0.3) is 0 Å². The van der Waals surface area contributed by atoms with Crippen LogP contribution < -0.4 is 19.7 Å². The van der Waals surface area contributed by atoms with Gasteiger partial charge < -0.3 is 19.5 Å². The molecule has 11 heteroatoms. The largest absolute Gasteiger partial charge is 0.494 e. The first-order chi connectivity index (χ1) is 18.6. The van der Waals surface area contributed by atoms with Crippen molar-refractivity contribution in [3.8, 4) is 11.4 Å². The van der Waals surface area contributed by atoms with E-state index in [9.17, 15) is 8.42 Å². The van der Waals surface area contributed by atoms with E-state index in [1.54, 1.807) is 18.3 Å². The Bertz CT molecular complexity index is 1660. The van der Waals surface area contributed by atoms with E-state index in [-0.39, 0.29) is 12.1 Å². The molecule has 0 unspecified atom stereocenters. The van der Waals surface area contributed by atoms with Crippen molar-refractivity contribution in [2.24, 2.45) is 0 Å². The highest BCUT2D eigenvalue weighted by Crippen LogP contribution is 2.45. The summed E-state index contributed by atoms with van der Waals surface area (Å²) in [5.74, 6) is 0.388. The third kappa shape index (κ3) is 5.26. The highest BCUT2D eigenvalue weighted by molar-refractivity contribution is 9.10. The van der Waals surface area contributed by atoms with Gasteiger partial charge in [0.1, 0.15) is 5.75 Å². The molecule has 202 valence electrons. The van der Waals surface area contributed by atoms with Crippen LogP contribution in [0.15, 0.2) is 77.4 Å². The molecule has 0 amide bonds. The van der Waals surface area contributed by atoms with Crippen molar-refractivity contribution in [3.63, 3.8) is 0 Å². The number of methoxy groups -OCH3 is 1.